The number of hydrogen-bond donors (Lipinski definition) is 1. The first-order chi connectivity index (χ1) is 17.2. The monoisotopic (exact) mass is 479 g/mol. The minimum absolute atomic E-state index is 0.181. The molecule has 2 heterocycles. The molecule has 7 heteroatoms. The van der Waals surface area contributed by atoms with Crippen LogP contribution in [0.3, 0.4) is 0 Å². The second-order valence-electron chi connectivity index (χ2n) is 9.45. The van der Waals surface area contributed by atoms with Gasteiger partial charge in [0.1, 0.15) is 0 Å². The van der Waals surface area contributed by atoms with Gasteiger partial charge < -0.3 is 14.5 Å². The third-order valence-corrected chi connectivity index (χ3v) is 6.95. The molecule has 2 aromatic rings. The van der Waals surface area contributed by atoms with Gasteiger partial charge in [-0.2, -0.15) is 5.48 Å². The summed E-state index contributed by atoms with van der Waals surface area (Å²) < 4.78 is 5.42. The van der Waals surface area contributed by atoms with E-state index >= 15 is 0 Å². The fourth-order valence-corrected chi connectivity index (χ4v) is 4.87. The lowest BCUT2D eigenvalue weighted by Crippen LogP contribution is -2.50. The summed E-state index contributed by atoms with van der Waals surface area (Å²) in [4.78, 5) is 33.8. The van der Waals surface area contributed by atoms with Gasteiger partial charge in [-0.1, -0.05) is 54.6 Å². The van der Waals surface area contributed by atoms with E-state index in [0.29, 0.717) is 19.1 Å². The lowest BCUT2D eigenvalue weighted by atomic mass is 10.0. The van der Waals surface area contributed by atoms with Crippen LogP contribution in [0.2, 0.25) is 0 Å². The predicted molar refractivity (Wildman–Crippen MR) is 135 cm³/mol. The number of unbranched alkanes of at least 4 members (excludes halogenated alkanes) is 1. The van der Waals surface area contributed by atoms with Crippen LogP contribution in [0.5, 0.6) is 0 Å². The Morgan fingerprint density at radius 1 is 0.829 bits per heavy atom. The molecule has 0 atom stereocenters. The van der Waals surface area contributed by atoms with Gasteiger partial charge in [-0.3, -0.25) is 9.69 Å². The van der Waals surface area contributed by atoms with Crippen molar-refractivity contribution in [1.29, 1.82) is 0 Å². The number of nitrogens with one attached hydrogen (secondary N) is 1. The van der Waals surface area contributed by atoms with E-state index in [1.807, 2.05) is 18.2 Å². The Morgan fingerprint density at radius 2 is 1.43 bits per heavy atom. The maximum atomic E-state index is 12.4. The number of hydrogen-bond acceptors (Lipinski definition) is 5. The number of carbonyl (C=O) groups is 2. The van der Waals surface area contributed by atoms with Gasteiger partial charge in [-0.25, -0.2) is 4.79 Å². The summed E-state index contributed by atoms with van der Waals surface area (Å²) in [6.45, 7) is 4.77. The maximum absolute atomic E-state index is 12.4. The Balaban J connectivity index is 1.10. The van der Waals surface area contributed by atoms with Gasteiger partial charge >= 0.3 is 6.09 Å². The number of hydroxylamine groups is 1. The Hall–Kier alpha value is -2.90. The molecule has 2 aliphatic heterocycles. The van der Waals surface area contributed by atoms with Crippen molar-refractivity contribution in [1.82, 2.24) is 15.3 Å². The Kier molecular flexibility index (Phi) is 9.55. The van der Waals surface area contributed by atoms with E-state index in [-0.39, 0.29) is 12.3 Å². The number of likely N-dealkylation sites (tertiary alicyclic amines) is 1. The summed E-state index contributed by atoms with van der Waals surface area (Å²) in [5.74, 6) is -0.322. The molecule has 188 valence electrons. The Labute approximate surface area is 208 Å². The zero-order chi connectivity index (χ0) is 24.3. The van der Waals surface area contributed by atoms with Crippen LogP contribution in [0, 0.1) is 0 Å². The molecule has 2 aliphatic rings. The maximum Gasteiger partial charge on any atom is 0.434 e. The standard InChI is InChI=1S/C28H37N3O4/c32-27(29-35-28(33)31-16-14-26(15-17-31)30-18-20-34-21-19-30)22-25-12-10-24(11-13-25)9-5-4-8-23-6-2-1-3-7-23/h1-3,6-7,10-13,26H,4-5,8-9,14-22H2,(H,29,32). The first kappa shape index (κ1) is 25.2. The first-order valence-electron chi connectivity index (χ1n) is 12.9. The molecule has 0 unspecified atom stereocenters. The quantitative estimate of drug-likeness (QED) is 0.461. The second-order valence-corrected chi connectivity index (χ2v) is 9.45. The van der Waals surface area contributed by atoms with Crippen LogP contribution in [-0.4, -0.2) is 67.2 Å². The van der Waals surface area contributed by atoms with Crippen LogP contribution in [-0.2, 0) is 33.6 Å². The van der Waals surface area contributed by atoms with E-state index in [9.17, 15) is 9.59 Å². The third-order valence-electron chi connectivity index (χ3n) is 6.95. The normalized spacial score (nSPS) is 17.2. The first-order valence-corrected chi connectivity index (χ1v) is 12.9. The summed E-state index contributed by atoms with van der Waals surface area (Å²) in [6, 6.07) is 19.2. The molecule has 4 rings (SSSR count). The van der Waals surface area contributed by atoms with Crippen molar-refractivity contribution in [3.63, 3.8) is 0 Å². The molecule has 35 heavy (non-hydrogen) atoms. The molecule has 1 N–H and O–H groups in total. The second kappa shape index (κ2) is 13.3. The fourth-order valence-electron chi connectivity index (χ4n) is 4.87. The van der Waals surface area contributed by atoms with Gasteiger partial charge in [0, 0.05) is 32.2 Å². The highest BCUT2D eigenvalue weighted by atomic mass is 16.7. The highest BCUT2D eigenvalue weighted by molar-refractivity contribution is 5.79. The number of rotatable bonds is 8. The number of carbonyl (C=O) groups excluding carboxylic acids is 2. The van der Waals surface area contributed by atoms with Crippen molar-refractivity contribution in [3.05, 3.63) is 71.3 Å². The van der Waals surface area contributed by atoms with E-state index in [1.54, 1.807) is 4.90 Å². The molecule has 2 aromatic carbocycles. The fraction of sp³-hybridized carbons (Fsp3) is 0.500. The molecular weight excluding hydrogens is 442 g/mol. The van der Waals surface area contributed by atoms with Crippen LogP contribution in [0.15, 0.2) is 54.6 Å². The lowest BCUT2D eigenvalue weighted by Gasteiger charge is -2.39. The summed E-state index contributed by atoms with van der Waals surface area (Å²) in [5.41, 5.74) is 5.87. The smallest absolute Gasteiger partial charge is 0.379 e. The summed E-state index contributed by atoms with van der Waals surface area (Å²) in [5, 5.41) is 0. The molecule has 0 spiro atoms. The average Bonchev–Trinajstić information content (AvgIpc) is 2.92. The number of aryl methyl sites for hydroxylation is 2. The molecule has 2 fully saturated rings. The minimum Gasteiger partial charge on any atom is -0.379 e. The largest absolute Gasteiger partial charge is 0.434 e. The number of morpholine rings is 1. The van der Waals surface area contributed by atoms with Crippen molar-refractivity contribution in [3.8, 4) is 0 Å². The van der Waals surface area contributed by atoms with Gasteiger partial charge in [-0.05, 0) is 55.2 Å². The molecule has 2 amide bonds. The SMILES string of the molecule is O=C(Cc1ccc(CCCCc2ccccc2)cc1)NOC(=O)N1CCC(N2CCOCC2)CC1. The average molecular weight is 480 g/mol. The Morgan fingerprint density at radius 3 is 2.09 bits per heavy atom. The summed E-state index contributed by atoms with van der Waals surface area (Å²) in [6.07, 6.45) is 5.95. The van der Waals surface area contributed by atoms with Crippen LogP contribution in [0.4, 0.5) is 4.79 Å². The van der Waals surface area contributed by atoms with Crippen LogP contribution < -0.4 is 5.48 Å². The van der Waals surface area contributed by atoms with Gasteiger partial charge in [0.2, 0.25) is 0 Å². The summed E-state index contributed by atoms with van der Waals surface area (Å²) >= 11 is 0. The highest BCUT2D eigenvalue weighted by Crippen LogP contribution is 2.18. The van der Waals surface area contributed by atoms with E-state index in [1.165, 1.54) is 11.1 Å². The molecule has 0 bridgehead atoms. The number of nitrogens with zero attached hydrogens (tertiary/aromatic N) is 2. The zero-order valence-corrected chi connectivity index (χ0v) is 20.5. The molecule has 0 radical (unpaired) electrons. The summed E-state index contributed by atoms with van der Waals surface area (Å²) in [7, 11) is 0. The number of ether oxygens (including phenoxy) is 1. The van der Waals surface area contributed by atoms with Crippen molar-refractivity contribution in [2.75, 3.05) is 39.4 Å². The molecule has 2 saturated heterocycles. The van der Waals surface area contributed by atoms with Gasteiger partial charge in [-0.15, -0.1) is 0 Å². The topological polar surface area (TPSA) is 71.1 Å². The molecular formula is C28H37N3O4. The van der Waals surface area contributed by atoms with Crippen molar-refractivity contribution >= 4 is 12.0 Å². The number of benzene rings is 2. The van der Waals surface area contributed by atoms with Crippen LogP contribution >= 0.6 is 0 Å². The lowest BCUT2D eigenvalue weighted by molar-refractivity contribution is -0.129. The van der Waals surface area contributed by atoms with Crippen molar-refractivity contribution < 1.29 is 19.2 Å². The minimum atomic E-state index is -0.482. The number of piperidine rings is 1. The zero-order valence-electron chi connectivity index (χ0n) is 20.5. The van der Waals surface area contributed by atoms with Crippen LogP contribution in [0.25, 0.3) is 0 Å². The molecule has 0 aliphatic carbocycles. The van der Waals surface area contributed by atoms with Crippen molar-refractivity contribution in [2.24, 2.45) is 0 Å². The molecule has 7 nitrogen and oxygen atoms in total. The van der Waals surface area contributed by atoms with E-state index in [4.69, 9.17) is 9.57 Å². The van der Waals surface area contributed by atoms with Gasteiger partial charge in [0.15, 0.2) is 0 Å². The van der Waals surface area contributed by atoms with Crippen LogP contribution in [0.1, 0.15) is 42.4 Å². The van der Waals surface area contributed by atoms with Gasteiger partial charge in [0.05, 0.1) is 19.6 Å². The molecule has 0 saturated carbocycles. The highest BCUT2D eigenvalue weighted by Gasteiger charge is 2.28. The molecule has 0 aromatic heterocycles. The van der Waals surface area contributed by atoms with E-state index in [2.05, 4.69) is 46.8 Å². The van der Waals surface area contributed by atoms with Crippen molar-refractivity contribution in [2.45, 2.75) is 51.0 Å². The predicted octanol–water partition coefficient (Wildman–Crippen LogP) is 3.76. The van der Waals surface area contributed by atoms with Gasteiger partial charge in [0.25, 0.3) is 5.91 Å². The number of amides is 2. The third kappa shape index (κ3) is 8.08. The van der Waals surface area contributed by atoms with E-state index in [0.717, 1.165) is 70.4 Å². The Bertz CT molecular complexity index is 921. The van der Waals surface area contributed by atoms with E-state index < -0.39 is 6.09 Å².